The minimum atomic E-state index is 0.705. The second kappa shape index (κ2) is 6.01. The summed E-state index contributed by atoms with van der Waals surface area (Å²) < 4.78 is 8.51. The number of pyridine rings is 3. The number of rotatable bonds is 1. The first-order chi connectivity index (χ1) is 14.3. The van der Waals surface area contributed by atoms with Crippen LogP contribution in [0, 0.1) is 6.92 Å². The van der Waals surface area contributed by atoms with Crippen molar-refractivity contribution in [2.24, 2.45) is 0 Å². The van der Waals surface area contributed by atoms with E-state index in [1.54, 1.807) is 12.4 Å². The molecular formula is C24H16N4O. The fourth-order valence-corrected chi connectivity index (χ4v) is 4.00. The fourth-order valence-electron chi connectivity index (χ4n) is 4.00. The third-order valence-corrected chi connectivity index (χ3v) is 5.22. The maximum Gasteiger partial charge on any atom is 0.216 e. The Morgan fingerprint density at radius 1 is 0.793 bits per heavy atom. The SMILES string of the molecule is Cc1cccc(-n2c3c(c4cccnc42)-c2ccccc2-c2ncccc2O3)n1. The van der Waals surface area contributed by atoms with Gasteiger partial charge < -0.3 is 4.74 Å². The van der Waals surface area contributed by atoms with E-state index in [0.29, 0.717) is 5.88 Å². The van der Waals surface area contributed by atoms with Crippen molar-refractivity contribution < 1.29 is 4.74 Å². The van der Waals surface area contributed by atoms with Crippen LogP contribution in [-0.4, -0.2) is 19.5 Å². The smallest absolute Gasteiger partial charge is 0.216 e. The van der Waals surface area contributed by atoms with Gasteiger partial charge in [-0.2, -0.15) is 0 Å². The third-order valence-electron chi connectivity index (χ3n) is 5.22. The van der Waals surface area contributed by atoms with Gasteiger partial charge in [0.15, 0.2) is 5.75 Å². The van der Waals surface area contributed by atoms with Crippen LogP contribution < -0.4 is 4.74 Å². The largest absolute Gasteiger partial charge is 0.437 e. The molecule has 1 aliphatic rings. The molecule has 0 bridgehead atoms. The van der Waals surface area contributed by atoms with E-state index in [-0.39, 0.29) is 0 Å². The number of nitrogens with zero attached hydrogens (tertiary/aromatic N) is 4. The quantitative estimate of drug-likeness (QED) is 0.377. The predicted molar refractivity (Wildman–Crippen MR) is 112 cm³/mol. The lowest BCUT2D eigenvalue weighted by Gasteiger charge is -2.12. The van der Waals surface area contributed by atoms with E-state index >= 15 is 0 Å². The molecule has 5 aromatic rings. The Hall–Kier alpha value is -3.99. The van der Waals surface area contributed by atoms with Crippen LogP contribution in [0.5, 0.6) is 11.6 Å². The van der Waals surface area contributed by atoms with Crippen molar-refractivity contribution in [3.63, 3.8) is 0 Å². The molecule has 0 amide bonds. The van der Waals surface area contributed by atoms with Crippen LogP contribution in [0.2, 0.25) is 0 Å². The van der Waals surface area contributed by atoms with Gasteiger partial charge in [-0.3, -0.25) is 4.98 Å². The molecule has 0 atom stereocenters. The zero-order valence-electron chi connectivity index (χ0n) is 15.7. The third kappa shape index (κ3) is 2.31. The molecule has 0 saturated heterocycles. The lowest BCUT2D eigenvalue weighted by molar-refractivity contribution is 0.456. The predicted octanol–water partition coefficient (Wildman–Crippen LogP) is 5.56. The van der Waals surface area contributed by atoms with Crippen LogP contribution in [0.1, 0.15) is 5.69 Å². The first kappa shape index (κ1) is 16.0. The van der Waals surface area contributed by atoms with Crippen molar-refractivity contribution in [3.8, 4) is 39.8 Å². The lowest BCUT2D eigenvalue weighted by Crippen LogP contribution is -2.02. The Labute approximate surface area is 167 Å². The Bertz CT molecular complexity index is 1400. The highest BCUT2D eigenvalue weighted by Crippen LogP contribution is 2.50. The summed E-state index contributed by atoms with van der Waals surface area (Å²) >= 11 is 0. The fraction of sp³-hybridized carbons (Fsp3) is 0.0417. The molecule has 4 aromatic heterocycles. The second-order valence-corrected chi connectivity index (χ2v) is 7.03. The normalized spacial score (nSPS) is 11.9. The summed E-state index contributed by atoms with van der Waals surface area (Å²) in [6.45, 7) is 1.98. The number of aromatic nitrogens is 4. The number of benzene rings is 1. The van der Waals surface area contributed by atoms with Crippen molar-refractivity contribution in [1.29, 1.82) is 0 Å². The highest BCUT2D eigenvalue weighted by Gasteiger charge is 2.29. The van der Waals surface area contributed by atoms with Crippen LogP contribution in [0.25, 0.3) is 39.2 Å². The number of ether oxygens (including phenoxy) is 1. The lowest BCUT2D eigenvalue weighted by atomic mass is 9.97. The zero-order valence-corrected chi connectivity index (χ0v) is 15.7. The van der Waals surface area contributed by atoms with E-state index < -0.39 is 0 Å². The monoisotopic (exact) mass is 376 g/mol. The maximum absolute atomic E-state index is 6.52. The summed E-state index contributed by atoms with van der Waals surface area (Å²) in [5.41, 5.74) is 5.71. The van der Waals surface area contributed by atoms with Gasteiger partial charge in [-0.15, -0.1) is 0 Å². The van der Waals surface area contributed by atoms with E-state index in [1.165, 1.54) is 0 Å². The van der Waals surface area contributed by atoms with Crippen molar-refractivity contribution in [3.05, 3.63) is 84.8 Å². The molecule has 5 nitrogen and oxygen atoms in total. The van der Waals surface area contributed by atoms with E-state index in [0.717, 1.165) is 50.7 Å². The molecule has 6 rings (SSSR count). The molecule has 5 heteroatoms. The molecule has 0 radical (unpaired) electrons. The van der Waals surface area contributed by atoms with Gasteiger partial charge in [0.2, 0.25) is 5.88 Å². The number of hydrogen-bond acceptors (Lipinski definition) is 4. The summed E-state index contributed by atoms with van der Waals surface area (Å²) in [6, 6.07) is 22.1. The maximum atomic E-state index is 6.52. The van der Waals surface area contributed by atoms with Crippen molar-refractivity contribution in [2.75, 3.05) is 0 Å². The van der Waals surface area contributed by atoms with E-state index in [4.69, 9.17) is 9.72 Å². The van der Waals surface area contributed by atoms with Crippen molar-refractivity contribution in [1.82, 2.24) is 19.5 Å². The number of fused-ring (bicyclic) bond motifs is 7. The summed E-state index contributed by atoms with van der Waals surface area (Å²) in [5, 5.41) is 1.02. The van der Waals surface area contributed by atoms with Crippen LogP contribution in [0.3, 0.4) is 0 Å². The highest BCUT2D eigenvalue weighted by atomic mass is 16.5. The van der Waals surface area contributed by atoms with Crippen LogP contribution >= 0.6 is 0 Å². The summed E-state index contributed by atoms with van der Waals surface area (Å²) in [7, 11) is 0. The molecule has 0 saturated carbocycles. The van der Waals surface area contributed by atoms with Gasteiger partial charge in [0, 0.05) is 29.0 Å². The zero-order chi connectivity index (χ0) is 19.4. The minimum Gasteiger partial charge on any atom is -0.437 e. The molecule has 0 aliphatic carbocycles. The minimum absolute atomic E-state index is 0.705. The second-order valence-electron chi connectivity index (χ2n) is 7.03. The van der Waals surface area contributed by atoms with Crippen LogP contribution in [0.4, 0.5) is 0 Å². The van der Waals surface area contributed by atoms with Gasteiger partial charge in [-0.05, 0) is 48.9 Å². The van der Waals surface area contributed by atoms with Gasteiger partial charge in [0.1, 0.15) is 17.2 Å². The van der Waals surface area contributed by atoms with Gasteiger partial charge in [-0.25, -0.2) is 14.5 Å². The average molecular weight is 376 g/mol. The standard InChI is InChI=1S/C24H16N4O/c1-15-7-4-12-20(27-15)28-23-18(10-5-14-26-23)21-16-8-2-3-9-17(16)22-19(29-24(21)28)11-6-13-25-22/h2-14H,1H3. The summed E-state index contributed by atoms with van der Waals surface area (Å²) in [4.78, 5) is 14.0. The Morgan fingerprint density at radius 2 is 1.62 bits per heavy atom. The van der Waals surface area contributed by atoms with Crippen molar-refractivity contribution in [2.45, 2.75) is 6.92 Å². The molecular weight excluding hydrogens is 360 g/mol. The molecule has 0 fully saturated rings. The average Bonchev–Trinajstić information content (AvgIpc) is 2.99. The van der Waals surface area contributed by atoms with E-state index in [9.17, 15) is 0 Å². The Kier molecular flexibility index (Phi) is 3.32. The van der Waals surface area contributed by atoms with Crippen molar-refractivity contribution >= 4 is 11.0 Å². The molecule has 1 aromatic carbocycles. The molecule has 5 heterocycles. The molecule has 0 spiro atoms. The molecule has 1 aliphatic heterocycles. The molecule has 0 N–H and O–H groups in total. The molecule has 29 heavy (non-hydrogen) atoms. The molecule has 0 unspecified atom stereocenters. The van der Waals surface area contributed by atoms with Crippen LogP contribution in [0.15, 0.2) is 79.1 Å². The Morgan fingerprint density at radius 3 is 2.52 bits per heavy atom. The van der Waals surface area contributed by atoms with Gasteiger partial charge in [-0.1, -0.05) is 30.3 Å². The van der Waals surface area contributed by atoms with Gasteiger partial charge >= 0.3 is 0 Å². The first-order valence-corrected chi connectivity index (χ1v) is 9.47. The first-order valence-electron chi connectivity index (χ1n) is 9.47. The van der Waals surface area contributed by atoms with Gasteiger partial charge in [0.25, 0.3) is 0 Å². The number of hydrogen-bond donors (Lipinski definition) is 0. The highest BCUT2D eigenvalue weighted by molar-refractivity contribution is 6.04. The van der Waals surface area contributed by atoms with Crippen LogP contribution in [-0.2, 0) is 0 Å². The topological polar surface area (TPSA) is 52.8 Å². The Balaban J connectivity index is 1.80. The molecule has 138 valence electrons. The van der Waals surface area contributed by atoms with E-state index in [1.807, 2.05) is 60.0 Å². The van der Waals surface area contributed by atoms with E-state index in [2.05, 4.69) is 28.2 Å². The van der Waals surface area contributed by atoms with Gasteiger partial charge in [0.05, 0.1) is 5.56 Å². The number of aryl methyl sites for hydroxylation is 1. The summed E-state index contributed by atoms with van der Waals surface area (Å²) in [6.07, 6.45) is 3.60. The summed E-state index contributed by atoms with van der Waals surface area (Å²) in [5.74, 6) is 2.20.